The topological polar surface area (TPSA) is 110 Å². The van der Waals surface area contributed by atoms with E-state index >= 15 is 0 Å². The number of carbonyl (C=O) groups is 2. The molecule has 1 heterocycles. The van der Waals surface area contributed by atoms with Gasteiger partial charge >= 0.3 is 216 Å². The van der Waals surface area contributed by atoms with Crippen LogP contribution in [0.5, 0.6) is 11.5 Å². The first-order valence-corrected chi connectivity index (χ1v) is 23.1. The number of esters is 2. The standard InChI is InChI=1S/C32H45IN2O7Si/c1-23(2)30(36)40-19-17-38-27-13-9-25(10-14-27)32(5,21-29-33(6)43(29,8)42-35(7)22-34)26-11-15-28(16-12-26)39-18-20-41-31(37)24(3)4/h9-16,29H,1,3,17-22,34H2,2,4-8H3. The van der Waals surface area contributed by atoms with E-state index in [0.717, 1.165) is 6.42 Å². The number of nitrogens with two attached hydrogens (primary N) is 1. The molecule has 0 spiro atoms. The van der Waals surface area contributed by atoms with E-state index in [1.165, 1.54) is 11.1 Å². The molecule has 0 saturated carbocycles. The fraction of sp³-hybridized carbons (Fsp3) is 0.438. The second-order valence-electron chi connectivity index (χ2n) is 11.0. The number of nitrogens with zero attached hydrogens (tertiary/aromatic N) is 1. The van der Waals surface area contributed by atoms with E-state index < -0.39 is 36.8 Å². The molecule has 0 amide bonds. The van der Waals surface area contributed by atoms with Gasteiger partial charge in [0.05, 0.1) is 0 Å². The van der Waals surface area contributed by atoms with Crippen LogP contribution in [-0.2, 0) is 29.0 Å². The number of carbonyl (C=O) groups excluding carboxylic acids is 2. The Morgan fingerprint density at radius 1 is 0.884 bits per heavy atom. The number of hydroxylamine groups is 2. The van der Waals surface area contributed by atoms with Crippen LogP contribution in [0.15, 0.2) is 72.8 Å². The quantitative estimate of drug-likeness (QED) is 0.0268. The Labute approximate surface area is 262 Å². The van der Waals surface area contributed by atoms with Crippen LogP contribution in [0.1, 0.15) is 38.3 Å². The van der Waals surface area contributed by atoms with Gasteiger partial charge in [0.15, 0.2) is 0 Å². The van der Waals surface area contributed by atoms with E-state index in [9.17, 15) is 9.59 Å². The molecule has 236 valence electrons. The van der Waals surface area contributed by atoms with Crippen LogP contribution in [-0.4, -0.2) is 71.4 Å². The van der Waals surface area contributed by atoms with Gasteiger partial charge in [-0.05, 0) is 13.8 Å². The molecule has 2 atom stereocenters. The van der Waals surface area contributed by atoms with E-state index in [4.69, 9.17) is 29.2 Å². The number of benzene rings is 2. The average Bonchev–Trinajstić information content (AvgIpc) is 3.48. The minimum absolute atomic E-state index is 0.154. The molecule has 2 N–H and O–H groups in total. The van der Waals surface area contributed by atoms with Crippen molar-refractivity contribution in [3.63, 3.8) is 0 Å². The summed E-state index contributed by atoms with van der Waals surface area (Å²) in [6, 6.07) is 16.3. The monoisotopic (exact) mass is 724 g/mol. The third kappa shape index (κ3) is 9.14. The first kappa shape index (κ1) is 34.8. The molecule has 0 aliphatic carbocycles. The van der Waals surface area contributed by atoms with Gasteiger partial charge in [-0.3, -0.25) is 0 Å². The van der Waals surface area contributed by atoms with Crippen molar-refractivity contribution in [2.45, 2.75) is 42.7 Å². The van der Waals surface area contributed by atoms with Crippen molar-refractivity contribution >= 4 is 36.8 Å². The van der Waals surface area contributed by atoms with Crippen LogP contribution in [0.25, 0.3) is 0 Å². The van der Waals surface area contributed by atoms with Gasteiger partial charge in [0.1, 0.15) is 0 Å². The van der Waals surface area contributed by atoms with Crippen LogP contribution in [0.3, 0.4) is 0 Å². The summed E-state index contributed by atoms with van der Waals surface area (Å²) in [7, 11) is 1.91. The van der Waals surface area contributed by atoms with Crippen LogP contribution in [0.2, 0.25) is 6.55 Å². The summed E-state index contributed by atoms with van der Waals surface area (Å²) < 4.78 is 28.9. The zero-order valence-electron chi connectivity index (χ0n) is 26.1. The number of halogens is 1. The average molecular weight is 725 g/mol. The van der Waals surface area contributed by atoms with E-state index in [0.29, 0.717) is 32.9 Å². The number of hydrogen-bond acceptors (Lipinski definition) is 9. The number of hydrogen-bond donors (Lipinski definition) is 1. The molecule has 1 aliphatic heterocycles. The van der Waals surface area contributed by atoms with Crippen LogP contribution in [0, 0.1) is 0 Å². The second-order valence-corrected chi connectivity index (χ2v) is 29.9. The molecule has 11 heteroatoms. The molecule has 0 aromatic heterocycles. The van der Waals surface area contributed by atoms with Gasteiger partial charge in [-0.1, -0.05) is 13.2 Å². The van der Waals surface area contributed by atoms with Crippen molar-refractivity contribution in [3.05, 3.63) is 84.0 Å². The summed E-state index contributed by atoms with van der Waals surface area (Å²) in [5, 5.41) is 1.79. The summed E-state index contributed by atoms with van der Waals surface area (Å²) in [6.45, 7) is 16.2. The maximum atomic E-state index is 11.6. The number of ether oxygens (including phenoxy) is 4. The summed E-state index contributed by atoms with van der Waals surface area (Å²) in [6.07, 6.45) is 0.976. The molecule has 1 aliphatic rings. The van der Waals surface area contributed by atoms with E-state index in [1.54, 1.807) is 18.9 Å². The van der Waals surface area contributed by atoms with Crippen molar-refractivity contribution in [2.75, 3.05) is 45.1 Å². The van der Waals surface area contributed by atoms with Gasteiger partial charge in [-0.25, -0.2) is 9.59 Å². The molecule has 2 aromatic carbocycles. The zero-order chi connectivity index (χ0) is 31.8. The van der Waals surface area contributed by atoms with E-state index in [-0.39, 0.29) is 31.8 Å². The van der Waals surface area contributed by atoms with Gasteiger partial charge in [-0.15, -0.1) is 0 Å². The minimum atomic E-state index is -1.84. The molecular formula is C32H45IN2O7Si. The van der Waals surface area contributed by atoms with Gasteiger partial charge in [0.25, 0.3) is 0 Å². The van der Waals surface area contributed by atoms with Crippen LogP contribution >= 0.6 is 19.0 Å². The summed E-state index contributed by atoms with van der Waals surface area (Å²) in [4.78, 5) is 25.6. The summed E-state index contributed by atoms with van der Waals surface area (Å²) >= 11 is -1.26. The van der Waals surface area contributed by atoms with Crippen LogP contribution < -0.4 is 15.2 Å². The van der Waals surface area contributed by atoms with Crippen molar-refractivity contribution in [1.29, 1.82) is 0 Å². The fourth-order valence-electron chi connectivity index (χ4n) is 4.69. The Kier molecular flexibility index (Phi) is 12.4. The Morgan fingerprint density at radius 3 is 1.67 bits per heavy atom. The van der Waals surface area contributed by atoms with Crippen molar-refractivity contribution < 1.29 is 33.1 Å². The molecule has 1 fully saturated rings. The van der Waals surface area contributed by atoms with Gasteiger partial charge in [0, 0.05) is 11.1 Å². The maximum absolute atomic E-state index is 11.6. The molecule has 0 bridgehead atoms. The molecule has 0 radical (unpaired) electrons. The van der Waals surface area contributed by atoms with Crippen molar-refractivity contribution in [3.8, 4) is 11.5 Å². The first-order valence-electron chi connectivity index (χ1n) is 14.1. The summed E-state index contributed by atoms with van der Waals surface area (Å²) in [5.41, 5.74) is 8.63. The zero-order valence-corrected chi connectivity index (χ0v) is 29.3. The second kappa shape index (κ2) is 15.3. The third-order valence-electron chi connectivity index (χ3n) is 7.53. The number of rotatable bonds is 17. The molecule has 2 aromatic rings. The molecule has 9 nitrogen and oxygen atoms in total. The van der Waals surface area contributed by atoms with E-state index in [1.807, 2.05) is 31.3 Å². The normalized spacial score (nSPS) is 18.6. The predicted molar refractivity (Wildman–Crippen MR) is 180 cm³/mol. The Bertz CT molecular complexity index is 1210. The third-order valence-corrected chi connectivity index (χ3v) is 31.1. The molecule has 43 heavy (non-hydrogen) atoms. The Morgan fingerprint density at radius 2 is 1.30 bits per heavy atom. The molecule has 1 saturated heterocycles. The predicted octanol–water partition coefficient (Wildman–Crippen LogP) is 5.29. The fourth-order valence-corrected chi connectivity index (χ4v) is 28.8. The first-order chi connectivity index (χ1) is 20.3. The van der Waals surface area contributed by atoms with Gasteiger partial charge in [0.2, 0.25) is 0 Å². The van der Waals surface area contributed by atoms with E-state index in [2.05, 4.69) is 55.8 Å². The van der Waals surface area contributed by atoms with Crippen molar-refractivity contribution in [1.82, 2.24) is 5.06 Å². The SMILES string of the molecule is C=C(C)C(=O)OCCOc1ccc(C(C)(CC2I(C)[Si]2(C)ON(C)CN)c2ccc(OCCOC(=O)C(=C)C)cc2)cc1. The van der Waals surface area contributed by atoms with Gasteiger partial charge in [-0.2, -0.15) is 0 Å². The summed E-state index contributed by atoms with van der Waals surface area (Å²) in [5.74, 6) is -1.28. The molecular weight excluding hydrogens is 679 g/mol. The van der Waals surface area contributed by atoms with Crippen molar-refractivity contribution in [2.24, 2.45) is 5.73 Å². The van der Waals surface area contributed by atoms with Crippen LogP contribution in [0.4, 0.5) is 0 Å². The van der Waals surface area contributed by atoms with Gasteiger partial charge < -0.3 is 0 Å². The number of alkyl halides is 2. The molecule has 2 unspecified atom stereocenters. The Balaban J connectivity index is 1.76. The molecule has 3 rings (SSSR count). The Hall–Kier alpha value is -2.71.